The SMILES string of the molecule is Cc1nnc(-c2ccccc2NC(=O)Cn2c(Cc3ccccc3)nc3ccccc32)o1. The lowest BCUT2D eigenvalue weighted by Crippen LogP contribution is -2.20. The van der Waals surface area contributed by atoms with E-state index in [4.69, 9.17) is 9.40 Å². The molecule has 7 heteroatoms. The van der Waals surface area contributed by atoms with Gasteiger partial charge < -0.3 is 14.3 Å². The lowest BCUT2D eigenvalue weighted by Gasteiger charge is -2.12. The van der Waals surface area contributed by atoms with Gasteiger partial charge in [0.25, 0.3) is 0 Å². The minimum absolute atomic E-state index is 0.139. The third kappa shape index (κ3) is 4.00. The highest BCUT2D eigenvalue weighted by molar-refractivity contribution is 5.95. The minimum atomic E-state index is -0.161. The second-order valence-corrected chi connectivity index (χ2v) is 7.49. The van der Waals surface area contributed by atoms with E-state index in [1.807, 2.05) is 71.3 Å². The van der Waals surface area contributed by atoms with E-state index in [9.17, 15) is 4.79 Å². The number of rotatable bonds is 6. The molecule has 0 bridgehead atoms. The third-order valence-corrected chi connectivity index (χ3v) is 5.20. The van der Waals surface area contributed by atoms with Gasteiger partial charge in [0.1, 0.15) is 12.4 Å². The molecule has 32 heavy (non-hydrogen) atoms. The number of fused-ring (bicyclic) bond motifs is 1. The largest absolute Gasteiger partial charge is 0.421 e. The Bertz CT molecular complexity index is 1390. The van der Waals surface area contributed by atoms with Crippen molar-refractivity contribution in [3.8, 4) is 11.5 Å². The number of benzene rings is 3. The number of hydrogen-bond acceptors (Lipinski definition) is 5. The van der Waals surface area contributed by atoms with Gasteiger partial charge in [-0.2, -0.15) is 0 Å². The Hall–Kier alpha value is -4.26. The van der Waals surface area contributed by atoms with Crippen LogP contribution in [0.25, 0.3) is 22.5 Å². The van der Waals surface area contributed by atoms with Crippen LogP contribution in [0.2, 0.25) is 0 Å². The van der Waals surface area contributed by atoms with Crippen LogP contribution in [0.1, 0.15) is 17.3 Å². The van der Waals surface area contributed by atoms with Crippen LogP contribution >= 0.6 is 0 Å². The zero-order valence-corrected chi connectivity index (χ0v) is 17.5. The zero-order valence-electron chi connectivity index (χ0n) is 17.5. The van der Waals surface area contributed by atoms with Gasteiger partial charge in [-0.3, -0.25) is 4.79 Å². The first kappa shape index (κ1) is 19.7. The molecule has 7 nitrogen and oxygen atoms in total. The monoisotopic (exact) mass is 423 g/mol. The van der Waals surface area contributed by atoms with Crippen molar-refractivity contribution in [2.75, 3.05) is 5.32 Å². The molecule has 0 unspecified atom stereocenters. The summed E-state index contributed by atoms with van der Waals surface area (Å²) in [6.45, 7) is 1.87. The van der Waals surface area contributed by atoms with E-state index in [0.29, 0.717) is 29.5 Å². The summed E-state index contributed by atoms with van der Waals surface area (Å²) in [6, 6.07) is 25.4. The lowest BCUT2D eigenvalue weighted by molar-refractivity contribution is -0.116. The smallest absolute Gasteiger partial charge is 0.249 e. The minimum Gasteiger partial charge on any atom is -0.421 e. The van der Waals surface area contributed by atoms with E-state index in [2.05, 4.69) is 27.6 Å². The van der Waals surface area contributed by atoms with E-state index in [1.165, 1.54) is 0 Å². The fraction of sp³-hybridized carbons (Fsp3) is 0.120. The van der Waals surface area contributed by atoms with Gasteiger partial charge in [-0.25, -0.2) is 4.98 Å². The second-order valence-electron chi connectivity index (χ2n) is 7.49. The number of nitrogens with one attached hydrogen (secondary N) is 1. The molecule has 0 saturated heterocycles. The Morgan fingerprint density at radius 3 is 2.50 bits per heavy atom. The van der Waals surface area contributed by atoms with Crippen molar-refractivity contribution in [1.29, 1.82) is 0 Å². The number of anilines is 1. The number of carbonyl (C=O) groups excluding carboxylic acids is 1. The molecule has 0 fully saturated rings. The van der Waals surface area contributed by atoms with Gasteiger partial charge in [0, 0.05) is 13.3 Å². The van der Waals surface area contributed by atoms with Crippen LogP contribution in [-0.4, -0.2) is 25.7 Å². The first-order chi connectivity index (χ1) is 15.7. The summed E-state index contributed by atoms with van der Waals surface area (Å²) in [5, 5.41) is 11.0. The van der Waals surface area contributed by atoms with Crippen LogP contribution in [0.15, 0.2) is 83.3 Å². The summed E-state index contributed by atoms with van der Waals surface area (Å²) in [6.07, 6.45) is 0.640. The second kappa shape index (κ2) is 8.47. The molecule has 0 radical (unpaired) electrons. The number of hydrogen-bond donors (Lipinski definition) is 1. The fourth-order valence-electron chi connectivity index (χ4n) is 3.73. The maximum atomic E-state index is 13.1. The number of para-hydroxylation sites is 3. The predicted molar refractivity (Wildman–Crippen MR) is 122 cm³/mol. The summed E-state index contributed by atoms with van der Waals surface area (Å²) >= 11 is 0. The van der Waals surface area contributed by atoms with Crippen molar-refractivity contribution in [3.63, 3.8) is 0 Å². The highest BCUT2D eigenvalue weighted by Crippen LogP contribution is 2.27. The van der Waals surface area contributed by atoms with E-state index >= 15 is 0 Å². The summed E-state index contributed by atoms with van der Waals surface area (Å²) < 4.78 is 7.52. The van der Waals surface area contributed by atoms with Gasteiger partial charge in [0.15, 0.2) is 0 Å². The van der Waals surface area contributed by atoms with Crippen molar-refractivity contribution >= 4 is 22.6 Å². The molecule has 2 heterocycles. The molecule has 0 aliphatic heterocycles. The van der Waals surface area contributed by atoms with Crippen LogP contribution in [0.3, 0.4) is 0 Å². The molecule has 0 spiro atoms. The maximum Gasteiger partial charge on any atom is 0.249 e. The van der Waals surface area contributed by atoms with Crippen LogP contribution < -0.4 is 5.32 Å². The van der Waals surface area contributed by atoms with Gasteiger partial charge >= 0.3 is 0 Å². The van der Waals surface area contributed by atoms with E-state index in [0.717, 1.165) is 22.4 Å². The topological polar surface area (TPSA) is 85.8 Å². The zero-order chi connectivity index (χ0) is 21.9. The summed E-state index contributed by atoms with van der Waals surface area (Å²) in [5.41, 5.74) is 4.24. The van der Waals surface area contributed by atoms with E-state index < -0.39 is 0 Å². The van der Waals surface area contributed by atoms with E-state index in [1.54, 1.807) is 6.92 Å². The summed E-state index contributed by atoms with van der Waals surface area (Å²) in [4.78, 5) is 17.9. The van der Waals surface area contributed by atoms with Crippen LogP contribution in [0.5, 0.6) is 0 Å². The van der Waals surface area contributed by atoms with Crippen molar-refractivity contribution in [2.45, 2.75) is 19.9 Å². The van der Waals surface area contributed by atoms with Gasteiger partial charge in [0.2, 0.25) is 17.7 Å². The molecule has 3 aromatic carbocycles. The molecule has 1 N–H and O–H groups in total. The molecule has 0 aliphatic rings. The van der Waals surface area contributed by atoms with Crippen molar-refractivity contribution in [2.24, 2.45) is 0 Å². The molecule has 5 aromatic rings. The number of imidazole rings is 1. The number of nitrogens with zero attached hydrogens (tertiary/aromatic N) is 4. The third-order valence-electron chi connectivity index (χ3n) is 5.20. The Balaban J connectivity index is 1.44. The lowest BCUT2D eigenvalue weighted by atomic mass is 10.1. The summed E-state index contributed by atoms with van der Waals surface area (Å²) in [5.74, 6) is 1.52. The van der Waals surface area contributed by atoms with Gasteiger partial charge in [-0.1, -0.05) is 54.6 Å². The van der Waals surface area contributed by atoms with Crippen LogP contribution in [-0.2, 0) is 17.8 Å². The Morgan fingerprint density at radius 2 is 1.69 bits per heavy atom. The quantitative estimate of drug-likeness (QED) is 0.431. The first-order valence-corrected chi connectivity index (χ1v) is 10.3. The number of amides is 1. The van der Waals surface area contributed by atoms with Crippen molar-refractivity contribution < 1.29 is 9.21 Å². The standard InChI is InChI=1S/C25H21N5O2/c1-17-28-29-25(32-17)19-11-5-6-12-20(19)27-24(31)16-30-22-14-8-7-13-21(22)26-23(30)15-18-9-3-2-4-10-18/h2-14H,15-16H2,1H3,(H,27,31). The molecule has 0 atom stereocenters. The van der Waals surface area contributed by atoms with Crippen LogP contribution in [0, 0.1) is 6.92 Å². The molecule has 5 rings (SSSR count). The Labute approximate surface area is 184 Å². The highest BCUT2D eigenvalue weighted by Gasteiger charge is 2.17. The molecule has 158 valence electrons. The molecular weight excluding hydrogens is 402 g/mol. The Morgan fingerprint density at radius 1 is 0.938 bits per heavy atom. The summed E-state index contributed by atoms with van der Waals surface area (Å²) in [7, 11) is 0. The molecule has 1 amide bonds. The average Bonchev–Trinajstić information content (AvgIpc) is 3.38. The molecule has 0 aliphatic carbocycles. The number of aromatic nitrogens is 4. The first-order valence-electron chi connectivity index (χ1n) is 10.3. The number of carbonyl (C=O) groups is 1. The predicted octanol–water partition coefficient (Wildman–Crippen LogP) is 4.62. The van der Waals surface area contributed by atoms with Gasteiger partial charge in [0.05, 0.1) is 22.3 Å². The van der Waals surface area contributed by atoms with Crippen molar-refractivity contribution in [3.05, 3.63) is 96.1 Å². The average molecular weight is 423 g/mol. The van der Waals surface area contributed by atoms with E-state index in [-0.39, 0.29) is 12.5 Å². The number of aryl methyl sites for hydroxylation is 1. The van der Waals surface area contributed by atoms with Gasteiger partial charge in [-0.05, 0) is 29.8 Å². The normalized spacial score (nSPS) is 11.0. The molecule has 2 aromatic heterocycles. The fourth-order valence-corrected chi connectivity index (χ4v) is 3.73. The Kier molecular flexibility index (Phi) is 5.21. The highest BCUT2D eigenvalue weighted by atomic mass is 16.4. The van der Waals surface area contributed by atoms with Crippen molar-refractivity contribution in [1.82, 2.24) is 19.7 Å². The molecule has 0 saturated carbocycles. The maximum absolute atomic E-state index is 13.1. The van der Waals surface area contributed by atoms with Crippen LogP contribution in [0.4, 0.5) is 5.69 Å². The van der Waals surface area contributed by atoms with Gasteiger partial charge in [-0.15, -0.1) is 10.2 Å². The molecular formula is C25H21N5O2.